The Bertz CT molecular complexity index is 936. The third-order valence-electron chi connectivity index (χ3n) is 6.66. The van der Waals surface area contributed by atoms with Gasteiger partial charge >= 0.3 is 0 Å². The van der Waals surface area contributed by atoms with E-state index in [4.69, 9.17) is 4.74 Å². The Labute approximate surface area is 190 Å². The van der Waals surface area contributed by atoms with E-state index >= 15 is 0 Å². The Morgan fingerprint density at radius 1 is 0.969 bits per heavy atom. The van der Waals surface area contributed by atoms with Crippen molar-refractivity contribution in [2.45, 2.75) is 32.7 Å². The molecule has 0 bridgehead atoms. The first kappa shape index (κ1) is 22.3. The quantitative estimate of drug-likeness (QED) is 0.651. The third-order valence-corrected chi connectivity index (χ3v) is 6.66. The van der Waals surface area contributed by atoms with Gasteiger partial charge in [0.15, 0.2) is 12.4 Å². The number of Topliss-reactive ketones (excluding diaryl/α,β-unsaturated/α-hetero) is 1. The fourth-order valence-electron chi connectivity index (χ4n) is 4.75. The van der Waals surface area contributed by atoms with Crippen LogP contribution in [0.1, 0.15) is 35.7 Å². The lowest BCUT2D eigenvalue weighted by Crippen LogP contribution is -2.56. The highest BCUT2D eigenvalue weighted by molar-refractivity contribution is 5.94. The number of para-hydroxylation sites is 1. The molecule has 0 radical (unpaired) electrons. The average molecular weight is 436 g/mol. The lowest BCUT2D eigenvalue weighted by molar-refractivity contribution is -0.135. The zero-order valence-corrected chi connectivity index (χ0v) is 19.1. The first-order chi connectivity index (χ1) is 15.5. The summed E-state index contributed by atoms with van der Waals surface area (Å²) in [5.74, 6) is 0.667. The number of benzene rings is 2. The number of rotatable bonds is 6. The number of hydrogen-bond donors (Lipinski definition) is 0. The molecule has 1 amide bonds. The Kier molecular flexibility index (Phi) is 7.10. The summed E-state index contributed by atoms with van der Waals surface area (Å²) in [5, 5.41) is 0. The Balaban J connectivity index is 1.26. The fraction of sp³-hybridized carbons (Fsp3) is 0.462. The van der Waals surface area contributed by atoms with Crippen molar-refractivity contribution in [3.05, 3.63) is 59.7 Å². The summed E-state index contributed by atoms with van der Waals surface area (Å²) in [6.07, 6.45) is 2.17. The normalized spacial score (nSPS) is 19.6. The highest BCUT2D eigenvalue weighted by Gasteiger charge is 2.30. The van der Waals surface area contributed by atoms with Gasteiger partial charge in [0.25, 0.3) is 5.91 Å². The van der Waals surface area contributed by atoms with Crippen LogP contribution in [0.5, 0.6) is 5.75 Å². The second kappa shape index (κ2) is 10.2. The number of hydrogen-bond acceptors (Lipinski definition) is 5. The van der Waals surface area contributed by atoms with Crippen molar-refractivity contribution in [2.24, 2.45) is 0 Å². The highest BCUT2D eigenvalue weighted by atomic mass is 16.5. The molecular formula is C26H33N3O3. The third kappa shape index (κ3) is 5.30. The van der Waals surface area contributed by atoms with Gasteiger partial charge in [-0.2, -0.15) is 0 Å². The molecule has 2 aromatic rings. The van der Waals surface area contributed by atoms with Crippen LogP contribution < -0.4 is 9.64 Å². The van der Waals surface area contributed by atoms with Gasteiger partial charge in [0, 0.05) is 56.6 Å². The number of aryl methyl sites for hydroxylation is 1. The van der Waals surface area contributed by atoms with Crippen molar-refractivity contribution in [3.8, 4) is 5.75 Å². The predicted molar refractivity (Wildman–Crippen MR) is 127 cm³/mol. The lowest BCUT2D eigenvalue weighted by atomic mass is 10.0. The van der Waals surface area contributed by atoms with E-state index in [2.05, 4.69) is 41.0 Å². The van der Waals surface area contributed by atoms with Crippen LogP contribution in [0.4, 0.5) is 5.69 Å². The summed E-state index contributed by atoms with van der Waals surface area (Å²) in [5.41, 5.74) is 3.30. The van der Waals surface area contributed by atoms with Crippen LogP contribution in [0, 0.1) is 6.92 Å². The van der Waals surface area contributed by atoms with Crippen LogP contribution in [0.2, 0.25) is 0 Å². The second-order valence-corrected chi connectivity index (χ2v) is 8.81. The summed E-state index contributed by atoms with van der Waals surface area (Å²) in [4.78, 5) is 31.1. The SMILES string of the molecule is CC(=O)c1ccc(OCC(=O)N2CCC[C@H](N3CCN(c4ccccc4C)CC3)C2)cc1. The van der Waals surface area contributed by atoms with Crippen LogP contribution >= 0.6 is 0 Å². The van der Waals surface area contributed by atoms with Crippen molar-refractivity contribution >= 4 is 17.4 Å². The molecule has 2 aromatic carbocycles. The molecule has 0 spiro atoms. The monoisotopic (exact) mass is 435 g/mol. The average Bonchev–Trinajstić information content (AvgIpc) is 2.83. The molecule has 2 aliphatic heterocycles. The van der Waals surface area contributed by atoms with E-state index < -0.39 is 0 Å². The zero-order chi connectivity index (χ0) is 22.5. The Hall–Kier alpha value is -2.86. The summed E-state index contributed by atoms with van der Waals surface area (Å²) in [6.45, 7) is 9.42. The molecular weight excluding hydrogens is 402 g/mol. The number of amides is 1. The molecule has 0 saturated carbocycles. The number of ether oxygens (including phenoxy) is 1. The number of nitrogens with zero attached hydrogens (tertiary/aromatic N) is 3. The molecule has 4 rings (SSSR count). The van der Waals surface area contributed by atoms with Gasteiger partial charge in [-0.15, -0.1) is 0 Å². The molecule has 170 valence electrons. The molecule has 0 unspecified atom stereocenters. The van der Waals surface area contributed by atoms with Crippen LogP contribution in [-0.2, 0) is 4.79 Å². The first-order valence-electron chi connectivity index (χ1n) is 11.6. The maximum atomic E-state index is 12.8. The van der Waals surface area contributed by atoms with E-state index in [0.29, 0.717) is 17.4 Å². The van der Waals surface area contributed by atoms with Crippen LogP contribution in [0.15, 0.2) is 48.5 Å². The summed E-state index contributed by atoms with van der Waals surface area (Å²) in [6, 6.07) is 16.0. The molecule has 2 heterocycles. The number of anilines is 1. The number of piperazine rings is 1. The standard InChI is InChI=1S/C26H33N3O3/c1-20-6-3-4-8-25(20)28-16-14-27(15-17-28)23-7-5-13-29(18-23)26(31)19-32-24-11-9-22(10-12-24)21(2)30/h3-4,6,8-12,23H,5,7,13-19H2,1-2H3/t23-/m0/s1. The van der Waals surface area contributed by atoms with Gasteiger partial charge in [0.05, 0.1) is 0 Å². The van der Waals surface area contributed by atoms with Crippen molar-refractivity contribution < 1.29 is 14.3 Å². The molecule has 6 nitrogen and oxygen atoms in total. The minimum absolute atomic E-state index is 0.0201. The van der Waals surface area contributed by atoms with Gasteiger partial charge in [-0.1, -0.05) is 18.2 Å². The van der Waals surface area contributed by atoms with Crippen molar-refractivity contribution in [3.63, 3.8) is 0 Å². The van der Waals surface area contributed by atoms with Gasteiger partial charge in [-0.25, -0.2) is 0 Å². The number of piperidine rings is 1. The van der Waals surface area contributed by atoms with E-state index in [0.717, 1.165) is 52.1 Å². The molecule has 0 N–H and O–H groups in total. The summed E-state index contributed by atoms with van der Waals surface area (Å²) >= 11 is 0. The Morgan fingerprint density at radius 2 is 1.69 bits per heavy atom. The van der Waals surface area contributed by atoms with E-state index in [1.165, 1.54) is 18.2 Å². The first-order valence-corrected chi connectivity index (χ1v) is 11.6. The van der Waals surface area contributed by atoms with Crippen molar-refractivity contribution in [1.82, 2.24) is 9.80 Å². The molecule has 0 aliphatic carbocycles. The summed E-state index contributed by atoms with van der Waals surface area (Å²) in [7, 11) is 0. The summed E-state index contributed by atoms with van der Waals surface area (Å²) < 4.78 is 5.69. The zero-order valence-electron chi connectivity index (χ0n) is 19.1. The van der Waals surface area contributed by atoms with Gasteiger partial charge in [-0.3, -0.25) is 14.5 Å². The van der Waals surface area contributed by atoms with Gasteiger partial charge in [0.2, 0.25) is 0 Å². The number of carbonyl (C=O) groups excluding carboxylic acids is 2. The highest BCUT2D eigenvalue weighted by Crippen LogP contribution is 2.23. The number of likely N-dealkylation sites (tertiary alicyclic amines) is 1. The molecule has 2 saturated heterocycles. The van der Waals surface area contributed by atoms with E-state index in [1.807, 2.05) is 4.90 Å². The number of carbonyl (C=O) groups is 2. The molecule has 2 aliphatic rings. The van der Waals surface area contributed by atoms with Gasteiger partial charge < -0.3 is 14.5 Å². The molecule has 2 fully saturated rings. The fourth-order valence-corrected chi connectivity index (χ4v) is 4.75. The molecule has 1 atom stereocenters. The van der Waals surface area contributed by atoms with Crippen molar-refractivity contribution in [2.75, 3.05) is 50.8 Å². The minimum atomic E-state index is 0.0201. The van der Waals surface area contributed by atoms with E-state index in [-0.39, 0.29) is 18.3 Å². The smallest absolute Gasteiger partial charge is 0.260 e. The number of ketones is 1. The molecule has 32 heavy (non-hydrogen) atoms. The lowest BCUT2D eigenvalue weighted by Gasteiger charge is -2.44. The predicted octanol–water partition coefficient (Wildman–Crippen LogP) is 3.39. The van der Waals surface area contributed by atoms with E-state index in [1.54, 1.807) is 24.3 Å². The second-order valence-electron chi connectivity index (χ2n) is 8.81. The maximum Gasteiger partial charge on any atom is 0.260 e. The van der Waals surface area contributed by atoms with Crippen molar-refractivity contribution in [1.29, 1.82) is 0 Å². The van der Waals surface area contributed by atoms with Crippen LogP contribution in [0.3, 0.4) is 0 Å². The molecule has 6 heteroatoms. The maximum absolute atomic E-state index is 12.8. The topological polar surface area (TPSA) is 53.1 Å². The van der Waals surface area contributed by atoms with Gasteiger partial charge in [-0.05, 0) is 62.6 Å². The van der Waals surface area contributed by atoms with E-state index in [9.17, 15) is 9.59 Å². The van der Waals surface area contributed by atoms with Gasteiger partial charge in [0.1, 0.15) is 5.75 Å². The molecule has 0 aromatic heterocycles. The van der Waals surface area contributed by atoms with Crippen LogP contribution in [-0.4, -0.2) is 73.4 Å². The largest absolute Gasteiger partial charge is 0.484 e. The minimum Gasteiger partial charge on any atom is -0.484 e. The Morgan fingerprint density at radius 3 is 2.38 bits per heavy atom. The van der Waals surface area contributed by atoms with Crippen LogP contribution in [0.25, 0.3) is 0 Å².